The van der Waals surface area contributed by atoms with Crippen molar-refractivity contribution in [1.29, 1.82) is 0 Å². The summed E-state index contributed by atoms with van der Waals surface area (Å²) in [6.45, 7) is 10.0. The third-order valence-electron chi connectivity index (χ3n) is 5.16. The molecule has 0 amide bonds. The number of carbonyl (C=O) groups is 2. The summed E-state index contributed by atoms with van der Waals surface area (Å²) in [7, 11) is -4.64. The van der Waals surface area contributed by atoms with Gasteiger partial charge < -0.3 is 18.9 Å². The van der Waals surface area contributed by atoms with Crippen LogP contribution in [0.1, 0.15) is 41.5 Å². The van der Waals surface area contributed by atoms with Gasteiger partial charge in [-0.2, -0.15) is 8.42 Å². The average Bonchev–Trinajstić information content (AvgIpc) is 2.84. The molecule has 0 fully saturated rings. The Morgan fingerprint density at radius 1 is 0.650 bits per heavy atom. The first-order valence-corrected chi connectivity index (χ1v) is 14.0. The zero-order valence-electron chi connectivity index (χ0n) is 23.4. The molecule has 3 aromatic rings. The molecule has 10 heteroatoms. The van der Waals surface area contributed by atoms with Crippen LogP contribution in [0.25, 0.3) is 22.3 Å². The second kappa shape index (κ2) is 12.1. The van der Waals surface area contributed by atoms with E-state index in [0.29, 0.717) is 22.6 Å². The fourth-order valence-electron chi connectivity index (χ4n) is 3.76. The van der Waals surface area contributed by atoms with Crippen molar-refractivity contribution < 1.29 is 41.5 Å². The van der Waals surface area contributed by atoms with Gasteiger partial charge in [0.2, 0.25) is 0 Å². The summed E-state index contributed by atoms with van der Waals surface area (Å²) >= 11 is 0. The zero-order valence-corrected chi connectivity index (χ0v) is 24.2. The van der Waals surface area contributed by atoms with Crippen LogP contribution in [0.3, 0.4) is 0 Å². The summed E-state index contributed by atoms with van der Waals surface area (Å²) in [5.41, 5.74) is 0.324. The van der Waals surface area contributed by atoms with Gasteiger partial charge in [-0.3, -0.25) is 4.55 Å². The van der Waals surface area contributed by atoms with Crippen molar-refractivity contribution in [2.45, 2.75) is 57.6 Å². The van der Waals surface area contributed by atoms with Gasteiger partial charge >= 0.3 is 11.9 Å². The monoisotopic (exact) mass is 570 g/mol. The molecule has 0 saturated carbocycles. The van der Waals surface area contributed by atoms with Gasteiger partial charge in [0.15, 0.2) is 13.2 Å². The van der Waals surface area contributed by atoms with Crippen LogP contribution in [0.2, 0.25) is 0 Å². The topological polar surface area (TPSA) is 125 Å². The van der Waals surface area contributed by atoms with Crippen LogP contribution in [0.5, 0.6) is 11.5 Å². The van der Waals surface area contributed by atoms with Crippen LogP contribution in [-0.4, -0.2) is 49.3 Å². The fraction of sp³-hybridized carbons (Fsp3) is 0.333. The maximum absolute atomic E-state index is 12.5. The van der Waals surface area contributed by atoms with Crippen LogP contribution in [-0.2, 0) is 29.2 Å². The number of carbonyl (C=O) groups excluding carboxylic acids is 2. The lowest BCUT2D eigenvalue weighted by Gasteiger charge is -2.19. The first-order chi connectivity index (χ1) is 18.5. The maximum Gasteiger partial charge on any atom is 0.344 e. The van der Waals surface area contributed by atoms with E-state index in [1.807, 2.05) is 0 Å². The summed E-state index contributed by atoms with van der Waals surface area (Å²) in [6, 6.07) is 17.7. The maximum atomic E-state index is 12.5. The Hall–Kier alpha value is -3.89. The molecule has 0 aliphatic heterocycles. The minimum absolute atomic E-state index is 0.264. The first kappa shape index (κ1) is 30.6. The van der Waals surface area contributed by atoms with Crippen molar-refractivity contribution in [2.24, 2.45) is 0 Å². The molecule has 0 aliphatic carbocycles. The number of ether oxygens (including phenoxy) is 4. The Morgan fingerprint density at radius 2 is 1.00 bits per heavy atom. The summed E-state index contributed by atoms with van der Waals surface area (Å²) in [4.78, 5) is 23.6. The molecule has 0 saturated heterocycles. The third-order valence-corrected chi connectivity index (χ3v) is 6.11. The highest BCUT2D eigenvalue weighted by Crippen LogP contribution is 2.37. The number of rotatable bonds is 9. The fourth-order valence-corrected chi connectivity index (χ4v) is 4.69. The SMILES string of the molecule is CC(C)(C)OC(=O)COc1ccc(-c2cccc(-c3ccc(OCC(=O)OC(C)(C)C)cc3)c2S(=O)(=O)O)cc1. The van der Waals surface area contributed by atoms with Crippen LogP contribution in [0, 0.1) is 0 Å². The molecule has 0 aliphatic rings. The molecule has 40 heavy (non-hydrogen) atoms. The van der Waals surface area contributed by atoms with Gasteiger partial charge in [0, 0.05) is 11.1 Å². The quantitative estimate of drug-likeness (QED) is 0.254. The van der Waals surface area contributed by atoms with E-state index >= 15 is 0 Å². The van der Waals surface area contributed by atoms with E-state index in [0.717, 1.165) is 0 Å². The van der Waals surface area contributed by atoms with Crippen molar-refractivity contribution in [2.75, 3.05) is 13.2 Å². The second-order valence-electron chi connectivity index (χ2n) is 11.0. The van der Waals surface area contributed by atoms with E-state index in [-0.39, 0.29) is 29.2 Å². The van der Waals surface area contributed by atoms with Crippen molar-refractivity contribution in [3.05, 3.63) is 66.7 Å². The molecule has 3 aromatic carbocycles. The van der Waals surface area contributed by atoms with Crippen molar-refractivity contribution >= 4 is 22.1 Å². The van der Waals surface area contributed by atoms with Crippen LogP contribution >= 0.6 is 0 Å². The minimum atomic E-state index is -4.64. The molecule has 3 rings (SSSR count). The number of esters is 2. The molecule has 214 valence electrons. The highest BCUT2D eigenvalue weighted by atomic mass is 32.2. The van der Waals surface area contributed by atoms with E-state index in [2.05, 4.69) is 0 Å². The largest absolute Gasteiger partial charge is 0.482 e. The number of benzene rings is 3. The van der Waals surface area contributed by atoms with E-state index < -0.39 is 33.3 Å². The van der Waals surface area contributed by atoms with Gasteiger partial charge in [0.05, 0.1) is 0 Å². The Labute approximate surface area is 234 Å². The average molecular weight is 571 g/mol. The molecule has 0 atom stereocenters. The summed E-state index contributed by atoms with van der Waals surface area (Å²) in [6.07, 6.45) is 0. The Morgan fingerprint density at radius 3 is 1.30 bits per heavy atom. The molecule has 0 unspecified atom stereocenters. The highest BCUT2D eigenvalue weighted by Gasteiger charge is 2.23. The van der Waals surface area contributed by atoms with E-state index in [1.165, 1.54) is 0 Å². The lowest BCUT2D eigenvalue weighted by atomic mass is 9.98. The lowest BCUT2D eigenvalue weighted by molar-refractivity contribution is -0.158. The molecule has 0 radical (unpaired) electrons. The smallest absolute Gasteiger partial charge is 0.344 e. The molecular formula is C30H34O9S. The molecular weight excluding hydrogens is 536 g/mol. The van der Waals surface area contributed by atoms with Crippen LogP contribution in [0.4, 0.5) is 0 Å². The van der Waals surface area contributed by atoms with E-state index in [4.69, 9.17) is 18.9 Å². The Bertz CT molecular complexity index is 1350. The lowest BCUT2D eigenvalue weighted by Crippen LogP contribution is -2.27. The van der Waals surface area contributed by atoms with Crippen LogP contribution < -0.4 is 9.47 Å². The van der Waals surface area contributed by atoms with Crippen molar-refractivity contribution in [1.82, 2.24) is 0 Å². The molecule has 0 bridgehead atoms. The highest BCUT2D eigenvalue weighted by molar-refractivity contribution is 7.86. The summed E-state index contributed by atoms with van der Waals surface area (Å²) < 4.78 is 56.7. The predicted octanol–water partition coefficient (Wildman–Crippen LogP) is 5.71. The standard InChI is InChI=1S/C30H34O9S/c1-29(2,3)38-26(31)18-36-22-14-10-20(11-15-22)24-8-7-9-25(28(24)40(33,34)35)21-12-16-23(17-13-21)37-19-27(32)39-30(4,5)6/h7-17H,18-19H2,1-6H3,(H,33,34,35). The third kappa shape index (κ3) is 9.10. The normalized spacial score (nSPS) is 12.0. The number of hydrogen-bond acceptors (Lipinski definition) is 8. The van der Waals surface area contributed by atoms with Gasteiger partial charge in [-0.25, -0.2) is 9.59 Å². The van der Waals surface area contributed by atoms with Crippen molar-refractivity contribution in [3.63, 3.8) is 0 Å². The minimum Gasteiger partial charge on any atom is -0.482 e. The molecule has 0 heterocycles. The molecule has 1 N–H and O–H groups in total. The molecule has 0 aromatic heterocycles. The van der Waals surface area contributed by atoms with Crippen molar-refractivity contribution in [3.8, 4) is 33.8 Å². The van der Waals surface area contributed by atoms with Gasteiger partial charge in [-0.1, -0.05) is 42.5 Å². The second-order valence-corrected chi connectivity index (χ2v) is 12.3. The summed E-state index contributed by atoms with van der Waals surface area (Å²) in [5, 5.41) is 0. The van der Waals surface area contributed by atoms with Gasteiger partial charge in [-0.05, 0) is 76.9 Å². The first-order valence-electron chi connectivity index (χ1n) is 12.5. The van der Waals surface area contributed by atoms with Gasteiger partial charge in [-0.15, -0.1) is 0 Å². The predicted molar refractivity (Wildman–Crippen MR) is 150 cm³/mol. The van der Waals surface area contributed by atoms with Gasteiger partial charge in [0.1, 0.15) is 27.6 Å². The van der Waals surface area contributed by atoms with E-state index in [1.54, 1.807) is 108 Å². The zero-order chi connectivity index (χ0) is 29.7. The van der Waals surface area contributed by atoms with E-state index in [9.17, 15) is 22.6 Å². The van der Waals surface area contributed by atoms with Gasteiger partial charge in [0.25, 0.3) is 10.1 Å². The summed E-state index contributed by atoms with van der Waals surface area (Å²) in [5.74, 6) is -0.249. The van der Waals surface area contributed by atoms with Crippen LogP contribution in [0.15, 0.2) is 71.6 Å². The Kier molecular flexibility index (Phi) is 9.27. The molecule has 9 nitrogen and oxygen atoms in total. The molecule has 0 spiro atoms. The Balaban J connectivity index is 1.82. The number of hydrogen-bond donors (Lipinski definition) is 1.